The van der Waals surface area contributed by atoms with Crippen molar-refractivity contribution >= 4 is 27.4 Å². The molecule has 0 bridgehead atoms. The van der Waals surface area contributed by atoms with Gasteiger partial charge in [-0.05, 0) is 30.7 Å². The lowest BCUT2D eigenvalue weighted by atomic mass is 10.1. The molecule has 19 heavy (non-hydrogen) atoms. The van der Waals surface area contributed by atoms with E-state index in [-0.39, 0.29) is 5.82 Å². The molecule has 0 atom stereocenters. The van der Waals surface area contributed by atoms with E-state index in [2.05, 4.69) is 9.97 Å². The SMILES string of the molecule is Cc1cc2c(N)nc(Cc3ccc(F)cc3)nc2s1. The van der Waals surface area contributed by atoms with Gasteiger partial charge in [-0.2, -0.15) is 0 Å². The average molecular weight is 273 g/mol. The predicted octanol–water partition coefficient (Wildman–Crippen LogP) is 3.31. The van der Waals surface area contributed by atoms with Crippen LogP contribution in [0.25, 0.3) is 10.2 Å². The summed E-state index contributed by atoms with van der Waals surface area (Å²) in [6, 6.07) is 8.34. The summed E-state index contributed by atoms with van der Waals surface area (Å²) in [7, 11) is 0. The lowest BCUT2D eigenvalue weighted by molar-refractivity contribution is 0.627. The third-order valence-electron chi connectivity index (χ3n) is 2.87. The van der Waals surface area contributed by atoms with Crippen LogP contribution in [0.3, 0.4) is 0 Å². The number of nitrogen functional groups attached to an aromatic ring is 1. The van der Waals surface area contributed by atoms with Gasteiger partial charge in [0.05, 0.1) is 5.39 Å². The van der Waals surface area contributed by atoms with Crippen LogP contribution in [-0.2, 0) is 6.42 Å². The lowest BCUT2D eigenvalue weighted by Crippen LogP contribution is -2.00. The third-order valence-corrected chi connectivity index (χ3v) is 3.81. The molecular formula is C14H12FN3S. The third kappa shape index (κ3) is 2.42. The Kier molecular flexibility index (Phi) is 2.91. The molecule has 0 spiro atoms. The average Bonchev–Trinajstić information content (AvgIpc) is 2.73. The maximum absolute atomic E-state index is 12.9. The van der Waals surface area contributed by atoms with Crippen LogP contribution < -0.4 is 5.73 Å². The second-order valence-electron chi connectivity index (χ2n) is 4.40. The topological polar surface area (TPSA) is 51.8 Å². The number of hydrogen-bond donors (Lipinski definition) is 1. The molecule has 0 amide bonds. The van der Waals surface area contributed by atoms with Crippen LogP contribution in [0.15, 0.2) is 30.3 Å². The number of nitrogens with zero attached hydrogens (tertiary/aromatic N) is 2. The summed E-state index contributed by atoms with van der Waals surface area (Å²) in [5.41, 5.74) is 6.91. The van der Waals surface area contributed by atoms with Crippen molar-refractivity contribution in [2.45, 2.75) is 13.3 Å². The lowest BCUT2D eigenvalue weighted by Gasteiger charge is -2.02. The molecule has 0 aliphatic carbocycles. The minimum absolute atomic E-state index is 0.242. The van der Waals surface area contributed by atoms with Gasteiger partial charge in [-0.1, -0.05) is 12.1 Å². The maximum Gasteiger partial charge on any atom is 0.136 e. The molecule has 0 saturated carbocycles. The van der Waals surface area contributed by atoms with Crippen molar-refractivity contribution < 1.29 is 4.39 Å². The molecule has 0 radical (unpaired) electrons. The first-order chi connectivity index (χ1) is 9.11. The zero-order valence-corrected chi connectivity index (χ0v) is 11.2. The van der Waals surface area contributed by atoms with E-state index in [9.17, 15) is 4.39 Å². The van der Waals surface area contributed by atoms with Crippen molar-refractivity contribution in [1.29, 1.82) is 0 Å². The molecule has 0 saturated heterocycles. The summed E-state index contributed by atoms with van der Waals surface area (Å²) in [4.78, 5) is 10.9. The quantitative estimate of drug-likeness (QED) is 0.779. The van der Waals surface area contributed by atoms with Gasteiger partial charge in [0.15, 0.2) is 0 Å². The zero-order chi connectivity index (χ0) is 13.4. The zero-order valence-electron chi connectivity index (χ0n) is 10.4. The molecule has 0 aliphatic rings. The summed E-state index contributed by atoms with van der Waals surface area (Å²) in [6.07, 6.45) is 0.553. The standard InChI is InChI=1S/C14H12FN3S/c1-8-6-11-13(16)17-12(18-14(11)19-8)7-9-2-4-10(15)5-3-9/h2-6H,7H2,1H3,(H2,16,17,18). The van der Waals surface area contributed by atoms with Crippen molar-refractivity contribution in [3.05, 3.63) is 52.4 Å². The molecule has 0 fully saturated rings. The molecule has 2 heterocycles. The van der Waals surface area contributed by atoms with Gasteiger partial charge in [0.2, 0.25) is 0 Å². The summed E-state index contributed by atoms with van der Waals surface area (Å²) in [6.45, 7) is 2.02. The molecule has 3 aromatic rings. The van der Waals surface area contributed by atoms with E-state index in [0.29, 0.717) is 18.1 Å². The van der Waals surface area contributed by atoms with Crippen LogP contribution in [0, 0.1) is 12.7 Å². The van der Waals surface area contributed by atoms with E-state index in [1.807, 2.05) is 13.0 Å². The highest BCUT2D eigenvalue weighted by Crippen LogP contribution is 2.27. The van der Waals surface area contributed by atoms with E-state index in [1.165, 1.54) is 12.1 Å². The number of fused-ring (bicyclic) bond motifs is 1. The van der Waals surface area contributed by atoms with E-state index < -0.39 is 0 Å². The number of halogens is 1. The molecule has 2 N–H and O–H groups in total. The number of anilines is 1. The normalized spacial score (nSPS) is 11.1. The fraction of sp³-hybridized carbons (Fsp3) is 0.143. The minimum Gasteiger partial charge on any atom is -0.383 e. The fourth-order valence-electron chi connectivity index (χ4n) is 1.97. The number of benzene rings is 1. The summed E-state index contributed by atoms with van der Waals surface area (Å²) in [5, 5.41) is 0.908. The van der Waals surface area contributed by atoms with Gasteiger partial charge in [-0.3, -0.25) is 0 Å². The molecule has 2 aromatic heterocycles. The van der Waals surface area contributed by atoms with Gasteiger partial charge in [0.25, 0.3) is 0 Å². The highest BCUT2D eigenvalue weighted by molar-refractivity contribution is 7.18. The molecule has 0 aliphatic heterocycles. The van der Waals surface area contributed by atoms with Crippen LogP contribution in [0.1, 0.15) is 16.3 Å². The number of aromatic nitrogens is 2. The molecule has 3 rings (SSSR count). The molecule has 5 heteroatoms. The number of aryl methyl sites for hydroxylation is 1. The second-order valence-corrected chi connectivity index (χ2v) is 5.64. The van der Waals surface area contributed by atoms with Crippen molar-refractivity contribution in [2.24, 2.45) is 0 Å². The Labute approximate surface area is 113 Å². The molecule has 96 valence electrons. The van der Waals surface area contributed by atoms with Crippen molar-refractivity contribution in [1.82, 2.24) is 9.97 Å². The highest BCUT2D eigenvalue weighted by Gasteiger charge is 2.08. The molecule has 0 unspecified atom stereocenters. The Balaban J connectivity index is 1.98. The Hall–Kier alpha value is -2.01. The van der Waals surface area contributed by atoms with E-state index in [1.54, 1.807) is 23.5 Å². The Morgan fingerprint density at radius 2 is 1.95 bits per heavy atom. The number of hydrogen-bond acceptors (Lipinski definition) is 4. The highest BCUT2D eigenvalue weighted by atomic mass is 32.1. The van der Waals surface area contributed by atoms with Gasteiger partial charge in [-0.15, -0.1) is 11.3 Å². The van der Waals surface area contributed by atoms with Gasteiger partial charge < -0.3 is 5.73 Å². The fourth-order valence-corrected chi connectivity index (χ4v) is 2.88. The van der Waals surface area contributed by atoms with Crippen LogP contribution in [0.5, 0.6) is 0 Å². The van der Waals surface area contributed by atoms with Crippen molar-refractivity contribution in [3.63, 3.8) is 0 Å². The number of thiophene rings is 1. The smallest absolute Gasteiger partial charge is 0.136 e. The van der Waals surface area contributed by atoms with Gasteiger partial charge in [0, 0.05) is 11.3 Å². The Morgan fingerprint density at radius 1 is 1.21 bits per heavy atom. The summed E-state index contributed by atoms with van der Waals surface area (Å²) in [5.74, 6) is 0.929. The van der Waals surface area contributed by atoms with E-state index in [4.69, 9.17) is 5.73 Å². The molecule has 1 aromatic carbocycles. The van der Waals surface area contributed by atoms with E-state index in [0.717, 1.165) is 20.7 Å². The van der Waals surface area contributed by atoms with Gasteiger partial charge in [-0.25, -0.2) is 14.4 Å². The molecule has 3 nitrogen and oxygen atoms in total. The summed E-state index contributed by atoms with van der Waals surface area (Å²) >= 11 is 1.60. The first kappa shape index (κ1) is 12.0. The van der Waals surface area contributed by atoms with Crippen LogP contribution >= 0.6 is 11.3 Å². The van der Waals surface area contributed by atoms with Crippen LogP contribution in [-0.4, -0.2) is 9.97 Å². The first-order valence-electron chi connectivity index (χ1n) is 5.89. The Bertz CT molecular complexity index is 734. The largest absolute Gasteiger partial charge is 0.383 e. The van der Waals surface area contributed by atoms with Gasteiger partial charge >= 0.3 is 0 Å². The maximum atomic E-state index is 12.9. The monoisotopic (exact) mass is 273 g/mol. The second kappa shape index (κ2) is 4.59. The minimum atomic E-state index is -0.242. The Morgan fingerprint density at radius 3 is 2.68 bits per heavy atom. The number of nitrogens with two attached hydrogens (primary N) is 1. The first-order valence-corrected chi connectivity index (χ1v) is 6.70. The number of rotatable bonds is 2. The predicted molar refractivity (Wildman–Crippen MR) is 75.8 cm³/mol. The summed E-state index contributed by atoms with van der Waals surface area (Å²) < 4.78 is 12.9. The van der Waals surface area contributed by atoms with Crippen molar-refractivity contribution in [3.8, 4) is 0 Å². The van der Waals surface area contributed by atoms with Gasteiger partial charge in [0.1, 0.15) is 22.3 Å². The van der Waals surface area contributed by atoms with Crippen LogP contribution in [0.4, 0.5) is 10.2 Å². The van der Waals surface area contributed by atoms with Crippen molar-refractivity contribution in [2.75, 3.05) is 5.73 Å². The van der Waals surface area contributed by atoms with E-state index >= 15 is 0 Å². The van der Waals surface area contributed by atoms with Crippen LogP contribution in [0.2, 0.25) is 0 Å². The molecular weight excluding hydrogens is 261 g/mol.